The van der Waals surface area contributed by atoms with Crippen molar-refractivity contribution in [2.75, 3.05) is 0 Å². The maximum atomic E-state index is 11.5. The monoisotopic (exact) mass is 308 g/mol. The van der Waals surface area contributed by atoms with Crippen molar-refractivity contribution in [3.8, 4) is 0 Å². The van der Waals surface area contributed by atoms with Crippen LogP contribution in [0, 0.1) is 0 Å². The molecule has 2 atom stereocenters. The third-order valence-corrected chi connectivity index (χ3v) is 3.95. The molecule has 0 aliphatic carbocycles. The van der Waals surface area contributed by atoms with E-state index in [9.17, 15) is 14.7 Å². The Balaban J connectivity index is 1.97. The second kappa shape index (κ2) is 11.2. The third kappa shape index (κ3) is 7.03. The maximum Gasteiger partial charge on any atom is 0.336 e. The number of aliphatic hydroxyl groups is 1. The Morgan fingerprint density at radius 2 is 1.64 bits per heavy atom. The van der Waals surface area contributed by atoms with Crippen molar-refractivity contribution < 1.29 is 19.4 Å². The van der Waals surface area contributed by atoms with E-state index in [1.165, 1.54) is 25.7 Å². The fourth-order valence-electron chi connectivity index (χ4n) is 2.58. The van der Waals surface area contributed by atoms with Crippen molar-refractivity contribution in [2.45, 2.75) is 76.9 Å². The summed E-state index contributed by atoms with van der Waals surface area (Å²) >= 11 is 0. The minimum atomic E-state index is -0.763. The Bertz CT molecular complexity index is 398. The number of aliphatic hydroxyl groups excluding tert-OH is 1. The topological polar surface area (TPSA) is 63.6 Å². The van der Waals surface area contributed by atoms with Gasteiger partial charge in [-0.3, -0.25) is 4.79 Å². The van der Waals surface area contributed by atoms with Gasteiger partial charge in [-0.1, -0.05) is 44.3 Å². The van der Waals surface area contributed by atoms with Crippen LogP contribution in [0.4, 0.5) is 0 Å². The Morgan fingerprint density at radius 1 is 1.05 bits per heavy atom. The summed E-state index contributed by atoms with van der Waals surface area (Å²) in [6, 6.07) is 0. The van der Waals surface area contributed by atoms with Gasteiger partial charge in [0.1, 0.15) is 18.5 Å². The molecular weight excluding hydrogens is 280 g/mol. The van der Waals surface area contributed by atoms with Crippen LogP contribution in [0.25, 0.3) is 0 Å². The lowest BCUT2D eigenvalue weighted by molar-refractivity contribution is -0.138. The predicted octanol–water partition coefficient (Wildman–Crippen LogP) is 3.49. The van der Waals surface area contributed by atoms with Crippen molar-refractivity contribution in [3.05, 3.63) is 23.8 Å². The highest BCUT2D eigenvalue weighted by Gasteiger charge is 2.34. The van der Waals surface area contributed by atoms with Gasteiger partial charge >= 0.3 is 5.97 Å². The first-order valence-corrected chi connectivity index (χ1v) is 8.36. The van der Waals surface area contributed by atoms with E-state index >= 15 is 0 Å². The second-order valence-electron chi connectivity index (χ2n) is 5.83. The number of esters is 1. The average Bonchev–Trinajstić information content (AvgIpc) is 2.74. The quantitative estimate of drug-likeness (QED) is 0.275. The molecule has 0 amide bonds. The lowest BCUT2D eigenvalue weighted by atomic mass is 10.0. The molecule has 0 aromatic heterocycles. The molecule has 0 unspecified atom stereocenters. The number of hydrogen-bond donors (Lipinski definition) is 1. The van der Waals surface area contributed by atoms with Gasteiger partial charge in [0, 0.05) is 0 Å². The van der Waals surface area contributed by atoms with Crippen LogP contribution in [0.1, 0.15) is 64.7 Å². The van der Waals surface area contributed by atoms with Crippen LogP contribution in [0.2, 0.25) is 0 Å². The molecule has 1 saturated heterocycles. The zero-order chi connectivity index (χ0) is 16.2. The van der Waals surface area contributed by atoms with Gasteiger partial charge in [0.05, 0.1) is 5.57 Å². The number of carbonyl (C=O) groups is 2. The summed E-state index contributed by atoms with van der Waals surface area (Å²) in [6.45, 7) is 1.71. The molecule has 0 aromatic rings. The van der Waals surface area contributed by atoms with Crippen molar-refractivity contribution in [3.63, 3.8) is 0 Å². The summed E-state index contributed by atoms with van der Waals surface area (Å²) in [6.07, 6.45) is 15.0. The van der Waals surface area contributed by atoms with E-state index in [4.69, 9.17) is 4.74 Å². The largest absolute Gasteiger partial charge is 0.456 e. The van der Waals surface area contributed by atoms with Gasteiger partial charge in [0.2, 0.25) is 0 Å². The number of cyclic esters (lactones) is 1. The lowest BCUT2D eigenvalue weighted by Gasteiger charge is -2.04. The number of unbranched alkanes of at least 4 members (excludes halogenated alkanes) is 8. The first kappa shape index (κ1) is 18.6. The van der Waals surface area contributed by atoms with Gasteiger partial charge in [0.15, 0.2) is 0 Å². The van der Waals surface area contributed by atoms with Crippen LogP contribution in [-0.4, -0.2) is 29.6 Å². The van der Waals surface area contributed by atoms with E-state index in [2.05, 4.69) is 0 Å². The third-order valence-electron chi connectivity index (χ3n) is 3.95. The van der Waals surface area contributed by atoms with Crippen molar-refractivity contribution in [1.82, 2.24) is 0 Å². The first-order valence-electron chi connectivity index (χ1n) is 8.36. The normalized spacial score (nSPS) is 23.4. The zero-order valence-electron chi connectivity index (χ0n) is 13.5. The molecule has 0 aromatic carbocycles. The minimum Gasteiger partial charge on any atom is -0.456 e. The smallest absolute Gasteiger partial charge is 0.336 e. The SMILES string of the molecule is C[C@H]1OC(=O)/C(=C/CCCCCCCCC/C=C/C=O)[C@@H]1O. The summed E-state index contributed by atoms with van der Waals surface area (Å²) in [4.78, 5) is 21.5. The summed E-state index contributed by atoms with van der Waals surface area (Å²) in [5, 5.41) is 9.77. The molecule has 4 heteroatoms. The maximum absolute atomic E-state index is 11.5. The van der Waals surface area contributed by atoms with Crippen molar-refractivity contribution in [2.24, 2.45) is 0 Å². The molecule has 124 valence electrons. The standard InChI is InChI=1S/C18H28O4/c1-15-17(20)16(18(21)22-15)13-11-9-7-5-3-2-4-6-8-10-12-14-19/h10,12-15,17,20H,2-9,11H2,1H3/b12-10+,16-13+/t15-,17-/m1/s1. The van der Waals surface area contributed by atoms with Crippen LogP contribution in [0.3, 0.4) is 0 Å². The van der Waals surface area contributed by atoms with Gasteiger partial charge in [-0.05, 0) is 38.7 Å². The average molecular weight is 308 g/mol. The highest BCUT2D eigenvalue weighted by Crippen LogP contribution is 2.22. The molecular formula is C18H28O4. The molecule has 1 N–H and O–H groups in total. The summed E-state index contributed by atoms with van der Waals surface area (Å²) in [5.41, 5.74) is 0.427. The molecule has 0 spiro atoms. The fourth-order valence-corrected chi connectivity index (χ4v) is 2.58. The number of ether oxygens (including phenoxy) is 1. The molecule has 22 heavy (non-hydrogen) atoms. The van der Waals surface area contributed by atoms with E-state index in [-0.39, 0.29) is 5.97 Å². The number of carbonyl (C=O) groups excluding carboxylic acids is 2. The highest BCUT2D eigenvalue weighted by atomic mass is 16.6. The van der Waals surface area contributed by atoms with Crippen LogP contribution >= 0.6 is 0 Å². The van der Waals surface area contributed by atoms with Crippen LogP contribution < -0.4 is 0 Å². The summed E-state index contributed by atoms with van der Waals surface area (Å²) in [7, 11) is 0. The van der Waals surface area contributed by atoms with E-state index < -0.39 is 12.2 Å². The number of aldehydes is 1. The molecule has 1 fully saturated rings. The van der Waals surface area contributed by atoms with Crippen molar-refractivity contribution in [1.29, 1.82) is 0 Å². The predicted molar refractivity (Wildman–Crippen MR) is 86.4 cm³/mol. The van der Waals surface area contributed by atoms with Crippen LogP contribution in [-0.2, 0) is 14.3 Å². The molecule has 0 radical (unpaired) electrons. The zero-order valence-corrected chi connectivity index (χ0v) is 13.5. The molecule has 1 aliphatic heterocycles. The molecule has 1 heterocycles. The molecule has 1 aliphatic rings. The Labute approximate surface area is 133 Å². The van der Waals surface area contributed by atoms with E-state index in [1.54, 1.807) is 13.0 Å². The fraction of sp³-hybridized carbons (Fsp3) is 0.667. The highest BCUT2D eigenvalue weighted by molar-refractivity contribution is 5.92. The molecule has 0 saturated carbocycles. The van der Waals surface area contributed by atoms with Crippen LogP contribution in [0.5, 0.6) is 0 Å². The van der Waals surface area contributed by atoms with E-state index in [0.29, 0.717) is 5.57 Å². The van der Waals surface area contributed by atoms with Crippen molar-refractivity contribution >= 4 is 12.3 Å². The number of hydrogen-bond acceptors (Lipinski definition) is 4. The van der Waals surface area contributed by atoms with Crippen LogP contribution in [0.15, 0.2) is 23.8 Å². The first-order chi connectivity index (χ1) is 10.7. The molecule has 4 nitrogen and oxygen atoms in total. The number of rotatable bonds is 11. The lowest BCUT2D eigenvalue weighted by Crippen LogP contribution is -2.17. The summed E-state index contributed by atoms with van der Waals surface area (Å²) < 4.78 is 4.96. The van der Waals surface area contributed by atoms with Gasteiger partial charge in [0.25, 0.3) is 0 Å². The molecule has 0 bridgehead atoms. The summed E-state index contributed by atoms with van der Waals surface area (Å²) in [5.74, 6) is -0.372. The van der Waals surface area contributed by atoms with E-state index in [1.807, 2.05) is 12.2 Å². The Morgan fingerprint density at radius 3 is 2.18 bits per heavy atom. The number of allylic oxidation sites excluding steroid dienone is 3. The Hall–Kier alpha value is -1.42. The van der Waals surface area contributed by atoms with Gasteiger partial charge in [-0.15, -0.1) is 0 Å². The van der Waals surface area contributed by atoms with Gasteiger partial charge in [-0.2, -0.15) is 0 Å². The second-order valence-corrected chi connectivity index (χ2v) is 5.83. The molecule has 1 rings (SSSR count). The van der Waals surface area contributed by atoms with Gasteiger partial charge in [-0.25, -0.2) is 4.79 Å². The van der Waals surface area contributed by atoms with Gasteiger partial charge < -0.3 is 9.84 Å². The Kier molecular flexibility index (Phi) is 9.47. The minimum absolute atomic E-state index is 0.372. The van der Waals surface area contributed by atoms with E-state index in [0.717, 1.165) is 38.4 Å².